The Hall–Kier alpha value is -1.10. The van der Waals surface area contributed by atoms with E-state index in [1.165, 1.54) is 18.9 Å². The van der Waals surface area contributed by atoms with Crippen LogP contribution in [0.2, 0.25) is 0 Å². The Kier molecular flexibility index (Phi) is 2.62. The van der Waals surface area contributed by atoms with Crippen molar-refractivity contribution in [1.82, 2.24) is 9.55 Å². The summed E-state index contributed by atoms with van der Waals surface area (Å²) in [5, 5.41) is 0. The monoisotopic (exact) mass is 311 g/mol. The highest BCUT2D eigenvalue weighted by atomic mass is 79.9. The van der Waals surface area contributed by atoms with E-state index < -0.39 is 0 Å². The fourth-order valence-corrected chi connectivity index (χ4v) is 3.35. The largest absolute Gasteiger partial charge is 0.369 e. The lowest BCUT2D eigenvalue weighted by Gasteiger charge is -2.27. The molecular formula is C13H15BrFN3. The standard InChI is InChI=1S/C13H15BrFN3/c1-13(4-2-3-5-13)18-11-7-9(15)8(14)6-10(11)17-12(18)16/h6-7H,2-5H2,1H3,(H2,16,17). The molecular weight excluding hydrogens is 297 g/mol. The predicted octanol–water partition coefficient (Wildman–Crippen LogP) is 3.81. The molecule has 1 aliphatic carbocycles. The molecule has 1 aliphatic rings. The first-order valence-electron chi connectivity index (χ1n) is 6.15. The summed E-state index contributed by atoms with van der Waals surface area (Å²) in [6, 6.07) is 3.21. The zero-order chi connectivity index (χ0) is 12.9. The highest BCUT2D eigenvalue weighted by Crippen LogP contribution is 2.40. The van der Waals surface area contributed by atoms with Gasteiger partial charge in [-0.2, -0.15) is 0 Å². The van der Waals surface area contributed by atoms with Crippen molar-refractivity contribution >= 4 is 32.9 Å². The van der Waals surface area contributed by atoms with Crippen LogP contribution in [0.5, 0.6) is 0 Å². The number of fused-ring (bicyclic) bond motifs is 1. The third-order valence-electron chi connectivity index (χ3n) is 3.94. The van der Waals surface area contributed by atoms with E-state index in [-0.39, 0.29) is 11.4 Å². The number of aromatic nitrogens is 2. The van der Waals surface area contributed by atoms with E-state index in [0.29, 0.717) is 10.4 Å². The van der Waals surface area contributed by atoms with E-state index in [1.807, 2.05) is 4.57 Å². The van der Waals surface area contributed by atoms with Crippen LogP contribution in [0.1, 0.15) is 32.6 Å². The number of anilines is 1. The van der Waals surface area contributed by atoms with Crippen molar-refractivity contribution in [2.45, 2.75) is 38.1 Å². The zero-order valence-electron chi connectivity index (χ0n) is 10.2. The summed E-state index contributed by atoms with van der Waals surface area (Å²) in [6.07, 6.45) is 4.52. The maximum absolute atomic E-state index is 13.7. The van der Waals surface area contributed by atoms with Crippen LogP contribution < -0.4 is 5.73 Å². The van der Waals surface area contributed by atoms with Gasteiger partial charge in [-0.25, -0.2) is 9.37 Å². The Labute approximate surface area is 113 Å². The van der Waals surface area contributed by atoms with Crippen LogP contribution in [0.25, 0.3) is 11.0 Å². The molecule has 96 valence electrons. The number of nitrogens with zero attached hydrogens (tertiary/aromatic N) is 2. The lowest BCUT2D eigenvalue weighted by atomic mass is 10.00. The molecule has 1 heterocycles. The van der Waals surface area contributed by atoms with Crippen molar-refractivity contribution < 1.29 is 4.39 Å². The second-order valence-electron chi connectivity index (χ2n) is 5.26. The van der Waals surface area contributed by atoms with Gasteiger partial charge in [0, 0.05) is 11.6 Å². The number of nitrogen functional groups attached to an aromatic ring is 1. The van der Waals surface area contributed by atoms with E-state index in [0.717, 1.165) is 23.9 Å². The molecule has 0 radical (unpaired) electrons. The van der Waals surface area contributed by atoms with Gasteiger partial charge in [0.15, 0.2) is 0 Å². The molecule has 0 atom stereocenters. The maximum atomic E-state index is 13.7. The predicted molar refractivity (Wildman–Crippen MR) is 73.9 cm³/mol. The van der Waals surface area contributed by atoms with Crippen LogP contribution in [0.15, 0.2) is 16.6 Å². The Morgan fingerprint density at radius 2 is 2.06 bits per heavy atom. The summed E-state index contributed by atoms with van der Waals surface area (Å²) in [6.45, 7) is 2.18. The second kappa shape index (κ2) is 3.95. The molecule has 0 unspecified atom stereocenters. The molecule has 0 aliphatic heterocycles. The molecule has 18 heavy (non-hydrogen) atoms. The Morgan fingerprint density at radius 3 is 2.72 bits per heavy atom. The lowest BCUT2D eigenvalue weighted by Crippen LogP contribution is -2.27. The molecule has 1 aromatic carbocycles. The van der Waals surface area contributed by atoms with Gasteiger partial charge in [-0.1, -0.05) is 12.8 Å². The van der Waals surface area contributed by atoms with Crippen LogP contribution in [0.3, 0.4) is 0 Å². The quantitative estimate of drug-likeness (QED) is 0.870. The highest BCUT2D eigenvalue weighted by molar-refractivity contribution is 9.10. The fraction of sp³-hybridized carbons (Fsp3) is 0.462. The molecule has 1 aromatic heterocycles. The lowest BCUT2D eigenvalue weighted by molar-refractivity contribution is 0.343. The average Bonchev–Trinajstić information content (AvgIpc) is 2.84. The molecule has 0 amide bonds. The van der Waals surface area contributed by atoms with E-state index >= 15 is 0 Å². The summed E-state index contributed by atoms with van der Waals surface area (Å²) in [5.74, 6) is 0.206. The molecule has 3 nitrogen and oxygen atoms in total. The van der Waals surface area contributed by atoms with E-state index in [1.54, 1.807) is 6.07 Å². The number of imidazole rings is 1. The van der Waals surface area contributed by atoms with Gasteiger partial charge in [-0.05, 0) is 41.8 Å². The van der Waals surface area contributed by atoms with Crippen LogP contribution in [0.4, 0.5) is 10.3 Å². The van der Waals surface area contributed by atoms with E-state index in [2.05, 4.69) is 27.8 Å². The number of nitrogens with two attached hydrogens (primary N) is 1. The maximum Gasteiger partial charge on any atom is 0.201 e. The van der Waals surface area contributed by atoms with E-state index in [9.17, 15) is 4.39 Å². The molecule has 1 saturated carbocycles. The summed E-state index contributed by atoms with van der Waals surface area (Å²) in [5.41, 5.74) is 7.54. The minimum atomic E-state index is -0.273. The van der Waals surface area contributed by atoms with Crippen LogP contribution in [-0.2, 0) is 5.54 Å². The smallest absolute Gasteiger partial charge is 0.201 e. The Bertz CT molecular complexity index is 614. The summed E-state index contributed by atoms with van der Waals surface area (Å²) < 4.78 is 16.2. The molecule has 2 aromatic rings. The topological polar surface area (TPSA) is 43.8 Å². The summed E-state index contributed by atoms with van der Waals surface area (Å²) >= 11 is 3.18. The fourth-order valence-electron chi connectivity index (χ4n) is 3.02. The van der Waals surface area contributed by atoms with Crippen molar-refractivity contribution in [1.29, 1.82) is 0 Å². The van der Waals surface area contributed by atoms with Crippen LogP contribution in [-0.4, -0.2) is 9.55 Å². The summed E-state index contributed by atoms with van der Waals surface area (Å²) in [4.78, 5) is 4.35. The van der Waals surface area contributed by atoms with Crippen molar-refractivity contribution in [3.05, 3.63) is 22.4 Å². The molecule has 5 heteroatoms. The van der Waals surface area contributed by atoms with Gasteiger partial charge >= 0.3 is 0 Å². The minimum Gasteiger partial charge on any atom is -0.369 e. The van der Waals surface area contributed by atoms with Crippen LogP contribution >= 0.6 is 15.9 Å². The van der Waals surface area contributed by atoms with Gasteiger partial charge in [0.25, 0.3) is 0 Å². The van der Waals surface area contributed by atoms with E-state index in [4.69, 9.17) is 5.73 Å². The molecule has 0 spiro atoms. The highest BCUT2D eigenvalue weighted by Gasteiger charge is 2.33. The van der Waals surface area contributed by atoms with Gasteiger partial charge in [-0.15, -0.1) is 0 Å². The van der Waals surface area contributed by atoms with Gasteiger partial charge in [0.1, 0.15) is 5.82 Å². The van der Waals surface area contributed by atoms with Crippen LogP contribution in [0, 0.1) is 5.82 Å². The first kappa shape index (κ1) is 12.0. The van der Waals surface area contributed by atoms with Gasteiger partial charge in [0.05, 0.1) is 15.5 Å². The first-order chi connectivity index (χ1) is 8.51. The van der Waals surface area contributed by atoms with Crippen molar-refractivity contribution in [3.63, 3.8) is 0 Å². The normalized spacial score (nSPS) is 18.6. The first-order valence-corrected chi connectivity index (χ1v) is 6.94. The minimum absolute atomic E-state index is 0.0287. The molecule has 0 saturated heterocycles. The zero-order valence-corrected chi connectivity index (χ0v) is 11.8. The number of rotatable bonds is 1. The molecule has 3 rings (SSSR count). The molecule has 0 bridgehead atoms. The van der Waals surface area contributed by atoms with Crippen molar-refractivity contribution in [3.8, 4) is 0 Å². The second-order valence-corrected chi connectivity index (χ2v) is 6.12. The van der Waals surface area contributed by atoms with Gasteiger partial charge in [-0.3, -0.25) is 0 Å². The number of benzene rings is 1. The number of hydrogen-bond acceptors (Lipinski definition) is 2. The SMILES string of the molecule is CC1(n2c(N)nc3cc(Br)c(F)cc32)CCCC1. The van der Waals surface area contributed by atoms with Crippen molar-refractivity contribution in [2.75, 3.05) is 5.73 Å². The number of halogens is 2. The summed E-state index contributed by atoms with van der Waals surface area (Å²) in [7, 11) is 0. The average molecular weight is 312 g/mol. The Balaban J connectivity index is 2.28. The number of hydrogen-bond donors (Lipinski definition) is 1. The third-order valence-corrected chi connectivity index (χ3v) is 4.55. The van der Waals surface area contributed by atoms with Gasteiger partial charge in [0.2, 0.25) is 5.95 Å². The molecule has 1 fully saturated rings. The van der Waals surface area contributed by atoms with Crippen molar-refractivity contribution in [2.24, 2.45) is 0 Å². The third kappa shape index (κ3) is 1.64. The van der Waals surface area contributed by atoms with Gasteiger partial charge < -0.3 is 10.3 Å². The molecule has 2 N–H and O–H groups in total. The Morgan fingerprint density at radius 1 is 1.39 bits per heavy atom.